The van der Waals surface area contributed by atoms with Crippen LogP contribution in [0.1, 0.15) is 32.1 Å². The zero-order valence-corrected chi connectivity index (χ0v) is 11.9. The lowest BCUT2D eigenvalue weighted by atomic mass is 9.99. The lowest BCUT2D eigenvalue weighted by Gasteiger charge is -2.35. The minimum absolute atomic E-state index is 0.00295. The lowest BCUT2D eigenvalue weighted by molar-refractivity contribution is -0.142. The molecule has 6 nitrogen and oxygen atoms in total. The number of nitrogens with zero attached hydrogens (tertiary/aromatic N) is 2. The number of piperidine rings is 1. The summed E-state index contributed by atoms with van der Waals surface area (Å²) >= 11 is 0. The summed E-state index contributed by atoms with van der Waals surface area (Å²) in [7, 11) is 0. The first kappa shape index (κ1) is 15.3. The number of carbonyl (C=O) groups excluding carboxylic acids is 1. The fourth-order valence-electron chi connectivity index (χ4n) is 2.75. The van der Waals surface area contributed by atoms with Crippen LogP contribution in [0.4, 0.5) is 0 Å². The first-order valence-electron chi connectivity index (χ1n) is 7.24. The van der Waals surface area contributed by atoms with E-state index >= 15 is 0 Å². The molecule has 1 N–H and O–H groups in total. The number of aromatic nitrogens is 1. The highest BCUT2D eigenvalue weighted by molar-refractivity contribution is 5.77. The Hall–Kier alpha value is -2.11. The molecular weight excluding hydrogens is 272 g/mol. The number of rotatable bonds is 5. The number of hydrogen-bond donors (Lipinski definition) is 1. The molecular formula is C15H20N2O4. The number of carboxylic acids is 1. The summed E-state index contributed by atoms with van der Waals surface area (Å²) in [6.07, 6.45) is 4.48. The molecule has 1 fully saturated rings. The summed E-state index contributed by atoms with van der Waals surface area (Å²) < 4.78 is 1.49. The Kier molecular flexibility index (Phi) is 5.14. The van der Waals surface area contributed by atoms with Crippen molar-refractivity contribution < 1.29 is 14.7 Å². The van der Waals surface area contributed by atoms with Crippen molar-refractivity contribution in [2.45, 2.75) is 44.7 Å². The van der Waals surface area contributed by atoms with Crippen molar-refractivity contribution in [3.63, 3.8) is 0 Å². The molecule has 1 atom stereocenters. The summed E-state index contributed by atoms with van der Waals surface area (Å²) in [5.41, 5.74) is -0.133. The monoisotopic (exact) mass is 292 g/mol. The topological polar surface area (TPSA) is 79.6 Å². The average molecular weight is 292 g/mol. The van der Waals surface area contributed by atoms with Crippen LogP contribution in [0.5, 0.6) is 0 Å². The summed E-state index contributed by atoms with van der Waals surface area (Å²) in [6.45, 7) is 0.940. The van der Waals surface area contributed by atoms with Crippen LogP contribution in [0.15, 0.2) is 29.2 Å². The van der Waals surface area contributed by atoms with Crippen molar-refractivity contribution in [2.75, 3.05) is 6.54 Å². The number of aliphatic carboxylic acids is 1. The molecule has 0 aliphatic carbocycles. The Bertz CT molecular complexity index is 567. The van der Waals surface area contributed by atoms with Gasteiger partial charge >= 0.3 is 5.97 Å². The number of aryl methyl sites for hydroxylation is 1. The molecule has 1 aliphatic rings. The number of pyridine rings is 1. The maximum Gasteiger partial charge on any atom is 0.305 e. The van der Waals surface area contributed by atoms with Gasteiger partial charge in [0, 0.05) is 37.8 Å². The van der Waals surface area contributed by atoms with E-state index in [4.69, 9.17) is 5.11 Å². The number of likely N-dealkylation sites (tertiary alicyclic amines) is 1. The molecule has 0 aromatic carbocycles. The molecule has 0 saturated carbocycles. The molecule has 2 rings (SSSR count). The van der Waals surface area contributed by atoms with Crippen molar-refractivity contribution in [1.29, 1.82) is 0 Å². The summed E-state index contributed by atoms with van der Waals surface area (Å²) in [6, 6.07) is 4.66. The van der Waals surface area contributed by atoms with Crippen LogP contribution in [0.2, 0.25) is 0 Å². The van der Waals surface area contributed by atoms with Gasteiger partial charge in [-0.05, 0) is 25.3 Å². The second-order valence-electron chi connectivity index (χ2n) is 5.32. The summed E-state index contributed by atoms with van der Waals surface area (Å²) in [5.74, 6) is -0.948. The van der Waals surface area contributed by atoms with Crippen molar-refractivity contribution in [3.8, 4) is 0 Å². The molecule has 21 heavy (non-hydrogen) atoms. The van der Waals surface area contributed by atoms with Gasteiger partial charge in [-0.25, -0.2) is 0 Å². The minimum Gasteiger partial charge on any atom is -0.481 e. The highest BCUT2D eigenvalue weighted by Gasteiger charge is 2.27. The summed E-state index contributed by atoms with van der Waals surface area (Å²) in [5, 5.41) is 8.93. The second kappa shape index (κ2) is 7.06. The zero-order valence-electron chi connectivity index (χ0n) is 11.9. The molecule has 1 saturated heterocycles. The van der Waals surface area contributed by atoms with E-state index in [1.54, 1.807) is 23.2 Å². The molecule has 0 radical (unpaired) electrons. The molecule has 2 heterocycles. The van der Waals surface area contributed by atoms with Gasteiger partial charge in [-0.1, -0.05) is 6.07 Å². The first-order chi connectivity index (χ1) is 10.1. The normalized spacial score (nSPS) is 18.5. The van der Waals surface area contributed by atoms with Gasteiger partial charge in [0.25, 0.3) is 5.56 Å². The van der Waals surface area contributed by atoms with Gasteiger partial charge in [-0.3, -0.25) is 14.4 Å². The van der Waals surface area contributed by atoms with Crippen LogP contribution in [0, 0.1) is 0 Å². The Morgan fingerprint density at radius 2 is 2.10 bits per heavy atom. The lowest BCUT2D eigenvalue weighted by Crippen LogP contribution is -2.45. The van der Waals surface area contributed by atoms with Gasteiger partial charge < -0.3 is 14.6 Å². The van der Waals surface area contributed by atoms with Crippen molar-refractivity contribution in [2.24, 2.45) is 0 Å². The van der Waals surface area contributed by atoms with Crippen molar-refractivity contribution in [1.82, 2.24) is 9.47 Å². The molecule has 1 unspecified atom stereocenters. The average Bonchev–Trinajstić information content (AvgIpc) is 2.46. The quantitative estimate of drug-likeness (QED) is 0.881. The van der Waals surface area contributed by atoms with E-state index in [1.165, 1.54) is 10.6 Å². The SMILES string of the molecule is O=C(O)CC1CCCCN1C(=O)CCn1ccccc1=O. The standard InChI is InChI=1S/C15H20N2O4/c18-13-6-2-3-8-16(13)10-7-14(19)17-9-4-1-5-12(17)11-15(20)21/h2-3,6,8,12H,1,4-5,7,9-11H2,(H,20,21). The van der Waals surface area contributed by atoms with Crippen LogP contribution in [0.3, 0.4) is 0 Å². The van der Waals surface area contributed by atoms with Crippen LogP contribution in [-0.4, -0.2) is 39.0 Å². The molecule has 1 aliphatic heterocycles. The number of carbonyl (C=O) groups is 2. The Balaban J connectivity index is 1.96. The van der Waals surface area contributed by atoms with Gasteiger partial charge in [0.05, 0.1) is 6.42 Å². The van der Waals surface area contributed by atoms with Crippen LogP contribution in [-0.2, 0) is 16.1 Å². The highest BCUT2D eigenvalue weighted by atomic mass is 16.4. The van der Waals surface area contributed by atoms with E-state index in [0.717, 1.165) is 19.3 Å². The highest BCUT2D eigenvalue weighted by Crippen LogP contribution is 2.20. The van der Waals surface area contributed by atoms with Gasteiger partial charge in [0.15, 0.2) is 0 Å². The van der Waals surface area contributed by atoms with Gasteiger partial charge in [0.1, 0.15) is 0 Å². The third-order valence-electron chi connectivity index (χ3n) is 3.82. The second-order valence-corrected chi connectivity index (χ2v) is 5.32. The maximum absolute atomic E-state index is 12.3. The van der Waals surface area contributed by atoms with E-state index in [0.29, 0.717) is 13.1 Å². The fourth-order valence-corrected chi connectivity index (χ4v) is 2.75. The van der Waals surface area contributed by atoms with Gasteiger partial charge in [-0.15, -0.1) is 0 Å². The van der Waals surface area contributed by atoms with Crippen LogP contribution in [0.25, 0.3) is 0 Å². The maximum atomic E-state index is 12.3. The Morgan fingerprint density at radius 1 is 1.29 bits per heavy atom. The van der Waals surface area contributed by atoms with Gasteiger partial charge in [0.2, 0.25) is 5.91 Å². The van der Waals surface area contributed by atoms with Crippen molar-refractivity contribution in [3.05, 3.63) is 34.7 Å². The van der Waals surface area contributed by atoms with E-state index in [9.17, 15) is 14.4 Å². The van der Waals surface area contributed by atoms with E-state index in [-0.39, 0.29) is 30.3 Å². The molecule has 0 bridgehead atoms. The van der Waals surface area contributed by atoms with Crippen LogP contribution < -0.4 is 5.56 Å². The summed E-state index contributed by atoms with van der Waals surface area (Å²) in [4.78, 5) is 36.4. The fraction of sp³-hybridized carbons (Fsp3) is 0.533. The van der Waals surface area contributed by atoms with E-state index < -0.39 is 5.97 Å². The number of amides is 1. The third kappa shape index (κ3) is 4.18. The zero-order chi connectivity index (χ0) is 15.2. The van der Waals surface area contributed by atoms with Crippen LogP contribution >= 0.6 is 0 Å². The smallest absolute Gasteiger partial charge is 0.305 e. The van der Waals surface area contributed by atoms with E-state index in [1.807, 2.05) is 0 Å². The minimum atomic E-state index is -0.876. The van der Waals surface area contributed by atoms with Crippen molar-refractivity contribution >= 4 is 11.9 Å². The molecule has 6 heteroatoms. The molecule has 1 aromatic rings. The number of hydrogen-bond acceptors (Lipinski definition) is 3. The first-order valence-corrected chi connectivity index (χ1v) is 7.24. The van der Waals surface area contributed by atoms with Gasteiger partial charge in [-0.2, -0.15) is 0 Å². The molecule has 0 spiro atoms. The Morgan fingerprint density at radius 3 is 2.81 bits per heavy atom. The predicted octanol–water partition coefficient (Wildman–Crippen LogP) is 1.09. The largest absolute Gasteiger partial charge is 0.481 e. The third-order valence-corrected chi connectivity index (χ3v) is 3.82. The predicted molar refractivity (Wildman–Crippen MR) is 76.9 cm³/mol. The number of carboxylic acid groups (broad SMARTS) is 1. The molecule has 1 aromatic heterocycles. The van der Waals surface area contributed by atoms with E-state index in [2.05, 4.69) is 0 Å². The molecule has 114 valence electrons. The molecule has 1 amide bonds. The Labute approximate surface area is 123 Å².